The van der Waals surface area contributed by atoms with Crippen molar-refractivity contribution < 1.29 is 33.2 Å². The fourth-order valence-electron chi connectivity index (χ4n) is 4.43. The van der Waals surface area contributed by atoms with E-state index >= 15 is 0 Å². The number of hydrogen-bond acceptors (Lipinski definition) is 11. The Morgan fingerprint density at radius 1 is 0.512 bits per heavy atom. The highest BCUT2D eigenvalue weighted by molar-refractivity contribution is 5.70. The average molecular weight is 591 g/mol. The van der Waals surface area contributed by atoms with Crippen molar-refractivity contribution in [1.82, 2.24) is 9.97 Å². The molecule has 0 radical (unpaired) electrons. The third kappa shape index (κ3) is 7.69. The molecular formula is C32H38N4O7. The summed E-state index contributed by atoms with van der Waals surface area (Å²) in [6, 6.07) is 15.3. The van der Waals surface area contributed by atoms with Crippen molar-refractivity contribution >= 4 is 11.4 Å². The molecule has 2 aromatic carbocycles. The van der Waals surface area contributed by atoms with Crippen LogP contribution >= 0.6 is 0 Å². The zero-order valence-corrected chi connectivity index (χ0v) is 25.4. The summed E-state index contributed by atoms with van der Waals surface area (Å²) >= 11 is 0. The van der Waals surface area contributed by atoms with Gasteiger partial charge in [0.2, 0.25) is 11.5 Å². The van der Waals surface area contributed by atoms with E-state index in [0.717, 1.165) is 33.9 Å². The second-order valence-electron chi connectivity index (χ2n) is 9.16. The Hall–Kier alpha value is -4.90. The molecule has 2 heterocycles. The molecule has 0 unspecified atom stereocenters. The molecule has 0 saturated heterocycles. The summed E-state index contributed by atoms with van der Waals surface area (Å²) < 4.78 is 38.4. The van der Waals surface area contributed by atoms with E-state index < -0.39 is 0 Å². The number of benzene rings is 2. The normalized spacial score (nSPS) is 10.6. The van der Waals surface area contributed by atoms with Gasteiger partial charge < -0.3 is 43.8 Å². The first kappa shape index (κ1) is 31.0. The Morgan fingerprint density at radius 2 is 0.884 bits per heavy atom. The van der Waals surface area contributed by atoms with Crippen molar-refractivity contribution in [3.63, 3.8) is 0 Å². The number of nitrogens with one attached hydrogen (secondary N) is 2. The number of hydrogen-bond donors (Lipinski definition) is 2. The number of pyridine rings is 2. The third-order valence-electron chi connectivity index (χ3n) is 6.60. The van der Waals surface area contributed by atoms with Gasteiger partial charge >= 0.3 is 0 Å². The molecule has 2 aromatic heterocycles. The zero-order valence-electron chi connectivity index (χ0n) is 25.4. The van der Waals surface area contributed by atoms with Gasteiger partial charge in [0, 0.05) is 24.2 Å². The van der Waals surface area contributed by atoms with Crippen LogP contribution in [0.25, 0.3) is 22.5 Å². The maximum absolute atomic E-state index is 5.76. The molecule has 0 spiro atoms. The number of aromatic nitrogens is 2. The van der Waals surface area contributed by atoms with Gasteiger partial charge in [-0.15, -0.1) is 0 Å². The molecular weight excluding hydrogens is 552 g/mol. The highest BCUT2D eigenvalue weighted by Crippen LogP contribution is 2.42. The van der Waals surface area contributed by atoms with Gasteiger partial charge in [-0.25, -0.2) is 0 Å². The first-order valence-corrected chi connectivity index (χ1v) is 13.6. The Kier molecular flexibility index (Phi) is 11.1. The van der Waals surface area contributed by atoms with E-state index in [1.54, 1.807) is 55.1 Å². The van der Waals surface area contributed by atoms with Crippen LogP contribution in [0.4, 0.5) is 11.4 Å². The van der Waals surface area contributed by atoms with Crippen LogP contribution in [0.15, 0.2) is 60.9 Å². The summed E-state index contributed by atoms with van der Waals surface area (Å²) in [5.74, 6) is 3.41. The quantitative estimate of drug-likeness (QED) is 0.163. The summed E-state index contributed by atoms with van der Waals surface area (Å²) in [6.45, 7) is 2.40. The van der Waals surface area contributed by atoms with E-state index in [0.29, 0.717) is 60.8 Å². The van der Waals surface area contributed by atoms with Crippen LogP contribution in [0.2, 0.25) is 0 Å². The fourth-order valence-corrected chi connectivity index (χ4v) is 4.43. The van der Waals surface area contributed by atoms with E-state index in [1.165, 1.54) is 0 Å². The van der Waals surface area contributed by atoms with Crippen molar-refractivity contribution in [2.75, 3.05) is 79.6 Å². The van der Waals surface area contributed by atoms with Gasteiger partial charge in [0.1, 0.15) is 0 Å². The van der Waals surface area contributed by atoms with Gasteiger partial charge in [-0.1, -0.05) is 0 Å². The molecule has 43 heavy (non-hydrogen) atoms. The van der Waals surface area contributed by atoms with Crippen molar-refractivity contribution in [1.29, 1.82) is 0 Å². The summed E-state index contributed by atoms with van der Waals surface area (Å²) in [5, 5.41) is 6.65. The van der Waals surface area contributed by atoms with Crippen molar-refractivity contribution in [2.45, 2.75) is 0 Å². The molecule has 0 fully saturated rings. The van der Waals surface area contributed by atoms with Crippen LogP contribution in [-0.2, 0) is 4.74 Å². The van der Waals surface area contributed by atoms with Gasteiger partial charge in [0.05, 0.1) is 91.0 Å². The maximum atomic E-state index is 5.76. The van der Waals surface area contributed by atoms with E-state index in [-0.39, 0.29) is 0 Å². The molecule has 0 aliphatic carbocycles. The minimum absolute atomic E-state index is 0.546. The second-order valence-corrected chi connectivity index (χ2v) is 9.16. The monoisotopic (exact) mass is 590 g/mol. The van der Waals surface area contributed by atoms with Crippen LogP contribution in [0, 0.1) is 0 Å². The topological polar surface area (TPSA) is 114 Å². The number of ether oxygens (including phenoxy) is 7. The average Bonchev–Trinajstić information content (AvgIpc) is 3.06. The lowest BCUT2D eigenvalue weighted by atomic mass is 10.1. The zero-order chi connectivity index (χ0) is 30.6. The highest BCUT2D eigenvalue weighted by atomic mass is 16.5. The number of nitrogens with zero attached hydrogens (tertiary/aromatic N) is 2. The summed E-state index contributed by atoms with van der Waals surface area (Å²) in [5.41, 5.74) is 5.11. The molecule has 228 valence electrons. The lowest BCUT2D eigenvalue weighted by Crippen LogP contribution is -2.14. The molecule has 0 atom stereocenters. The Bertz CT molecular complexity index is 1300. The predicted molar refractivity (Wildman–Crippen MR) is 166 cm³/mol. The van der Waals surface area contributed by atoms with Crippen LogP contribution in [0.3, 0.4) is 0 Å². The van der Waals surface area contributed by atoms with Crippen LogP contribution in [0.5, 0.6) is 34.5 Å². The Morgan fingerprint density at radius 3 is 1.16 bits per heavy atom. The van der Waals surface area contributed by atoms with Crippen molar-refractivity contribution in [3.8, 4) is 57.0 Å². The molecule has 11 nitrogen and oxygen atoms in total. The predicted octanol–water partition coefficient (Wildman–Crippen LogP) is 5.40. The van der Waals surface area contributed by atoms with Crippen molar-refractivity contribution in [3.05, 3.63) is 60.9 Å². The van der Waals surface area contributed by atoms with E-state index in [1.807, 2.05) is 48.5 Å². The van der Waals surface area contributed by atoms with Crippen molar-refractivity contribution in [2.24, 2.45) is 0 Å². The molecule has 0 aliphatic rings. The Balaban J connectivity index is 1.20. The van der Waals surface area contributed by atoms with Gasteiger partial charge in [-0.2, -0.15) is 0 Å². The maximum Gasteiger partial charge on any atom is 0.203 e. The second kappa shape index (κ2) is 15.4. The molecule has 4 rings (SSSR count). The number of methoxy groups -OCH3 is 6. The molecule has 11 heteroatoms. The molecule has 2 N–H and O–H groups in total. The number of anilines is 2. The van der Waals surface area contributed by atoms with Crippen LogP contribution < -0.4 is 39.1 Å². The van der Waals surface area contributed by atoms with Gasteiger partial charge in [-0.3, -0.25) is 9.97 Å². The minimum Gasteiger partial charge on any atom is -0.493 e. The number of rotatable bonds is 16. The third-order valence-corrected chi connectivity index (χ3v) is 6.60. The van der Waals surface area contributed by atoms with Gasteiger partial charge in [0.25, 0.3) is 0 Å². The van der Waals surface area contributed by atoms with E-state index in [4.69, 9.17) is 33.2 Å². The molecule has 0 saturated carbocycles. The van der Waals surface area contributed by atoms with E-state index in [9.17, 15) is 0 Å². The van der Waals surface area contributed by atoms with E-state index in [2.05, 4.69) is 20.6 Å². The largest absolute Gasteiger partial charge is 0.493 e. The first-order valence-electron chi connectivity index (χ1n) is 13.6. The molecule has 0 bridgehead atoms. The molecule has 4 aromatic rings. The SMILES string of the molecule is COc1cc(-c2ccc(NCCOCCNc3ccc(-c4cc(OC)c(OC)c(OC)c4)nc3)cn2)cc(OC)c1OC. The smallest absolute Gasteiger partial charge is 0.203 e. The van der Waals surface area contributed by atoms with Gasteiger partial charge in [-0.05, 0) is 48.5 Å². The lowest BCUT2D eigenvalue weighted by molar-refractivity contribution is 0.154. The fraction of sp³-hybridized carbons (Fsp3) is 0.312. The van der Waals surface area contributed by atoms with Gasteiger partial charge in [0.15, 0.2) is 23.0 Å². The Labute approximate surface area is 252 Å². The van der Waals surface area contributed by atoms with Crippen LogP contribution in [0.1, 0.15) is 0 Å². The van der Waals surface area contributed by atoms with Crippen LogP contribution in [-0.4, -0.2) is 78.9 Å². The minimum atomic E-state index is 0.546. The highest BCUT2D eigenvalue weighted by Gasteiger charge is 2.16. The molecule has 0 aliphatic heterocycles. The lowest BCUT2D eigenvalue weighted by Gasteiger charge is -2.14. The summed E-state index contributed by atoms with van der Waals surface area (Å²) in [6.07, 6.45) is 3.57. The molecule has 0 amide bonds. The summed E-state index contributed by atoms with van der Waals surface area (Å²) in [4.78, 5) is 9.16. The standard InChI is InChI=1S/C32H38N4O7/c1-37-27-15-21(16-28(38-2)31(27)41-5)25-9-7-23(19-35-25)33-11-13-43-14-12-34-24-8-10-26(36-20-24)22-17-29(39-3)32(42-6)30(18-22)40-4/h7-10,15-20,33-34H,11-14H2,1-6H3. The first-order chi connectivity index (χ1) is 21.0. The summed E-state index contributed by atoms with van der Waals surface area (Å²) in [7, 11) is 9.52.